The van der Waals surface area contributed by atoms with E-state index in [4.69, 9.17) is 20.2 Å². The number of thiophene rings is 2. The molecule has 0 bridgehead atoms. The van der Waals surface area contributed by atoms with Crippen LogP contribution in [0.1, 0.15) is 33.9 Å². The van der Waals surface area contributed by atoms with Gasteiger partial charge < -0.3 is 0 Å². The minimum absolute atomic E-state index is 0.637. The molecule has 0 amide bonds. The Kier molecular flexibility index (Phi) is 6.62. The van der Waals surface area contributed by atoms with Gasteiger partial charge in [0.15, 0.2) is 11.6 Å². The van der Waals surface area contributed by atoms with Crippen molar-refractivity contribution in [1.82, 2.24) is 39.5 Å². The zero-order valence-corrected chi connectivity index (χ0v) is 26.8. The lowest BCUT2D eigenvalue weighted by molar-refractivity contribution is 0.816. The summed E-state index contributed by atoms with van der Waals surface area (Å²) in [6.45, 7) is 8.22. The van der Waals surface area contributed by atoms with E-state index in [1.54, 1.807) is 22.7 Å². The molecular weight excluding hydrogens is 597 g/mol. The third kappa shape index (κ3) is 5.01. The minimum atomic E-state index is 0.637. The number of nitrogens with zero attached hydrogens (tertiary/aromatic N) is 8. The van der Waals surface area contributed by atoms with E-state index in [1.165, 1.54) is 9.40 Å². The first kappa shape index (κ1) is 27.5. The summed E-state index contributed by atoms with van der Waals surface area (Å²) in [4.78, 5) is 20.6. The summed E-state index contributed by atoms with van der Waals surface area (Å²) in [5.74, 6) is 1.59. The quantitative estimate of drug-likeness (QED) is 0.185. The molecule has 0 saturated carbocycles. The molecule has 220 valence electrons. The van der Waals surface area contributed by atoms with Crippen LogP contribution in [0.15, 0.2) is 85.5 Å². The summed E-state index contributed by atoms with van der Waals surface area (Å²) < 4.78 is 6.35. The van der Waals surface area contributed by atoms with Crippen LogP contribution >= 0.6 is 22.7 Å². The molecule has 45 heavy (non-hydrogen) atoms. The number of aromatic nitrogens is 8. The lowest BCUT2D eigenvalue weighted by Crippen LogP contribution is -2.05. The van der Waals surface area contributed by atoms with Gasteiger partial charge in [-0.15, -0.1) is 22.7 Å². The van der Waals surface area contributed by atoms with E-state index < -0.39 is 0 Å². The monoisotopic (exact) mass is 624 g/mol. The van der Waals surface area contributed by atoms with Crippen LogP contribution < -0.4 is 0 Å². The van der Waals surface area contributed by atoms with Crippen molar-refractivity contribution in [3.05, 3.63) is 119 Å². The number of hydrogen-bond acceptors (Lipinski definition) is 8. The molecule has 0 atom stereocenters. The zero-order valence-electron chi connectivity index (χ0n) is 25.2. The predicted molar refractivity (Wildman–Crippen MR) is 182 cm³/mol. The topological polar surface area (TPSA) is 87.2 Å². The lowest BCUT2D eigenvalue weighted by Gasteiger charge is -2.10. The summed E-state index contributed by atoms with van der Waals surface area (Å²) in [6.07, 6.45) is 8.13. The van der Waals surface area contributed by atoms with Gasteiger partial charge in [-0.3, -0.25) is 9.97 Å². The molecule has 0 aliphatic heterocycles. The highest BCUT2D eigenvalue weighted by molar-refractivity contribution is 7.22. The molecule has 0 aliphatic carbocycles. The second-order valence-electron chi connectivity index (χ2n) is 11.2. The van der Waals surface area contributed by atoms with Gasteiger partial charge in [0.05, 0.1) is 32.5 Å². The molecule has 10 heteroatoms. The fourth-order valence-corrected chi connectivity index (χ4v) is 7.87. The zero-order chi connectivity index (χ0) is 30.7. The van der Waals surface area contributed by atoms with Gasteiger partial charge in [0, 0.05) is 62.8 Å². The fraction of sp³-hybridized carbons (Fsp3) is 0.143. The molecule has 0 aromatic carbocycles. The summed E-state index contributed by atoms with van der Waals surface area (Å²) in [7, 11) is 0. The maximum Gasteiger partial charge on any atom is 0.154 e. The number of fused-ring (bicyclic) bond motifs is 2. The van der Waals surface area contributed by atoms with Crippen molar-refractivity contribution in [2.45, 2.75) is 34.1 Å². The van der Waals surface area contributed by atoms with Crippen molar-refractivity contribution in [3.8, 4) is 32.8 Å². The molecule has 8 aromatic heterocycles. The van der Waals surface area contributed by atoms with E-state index in [9.17, 15) is 0 Å². The lowest BCUT2D eigenvalue weighted by atomic mass is 10.1. The van der Waals surface area contributed by atoms with Gasteiger partial charge >= 0.3 is 0 Å². The third-order valence-electron chi connectivity index (χ3n) is 7.93. The largest absolute Gasteiger partial charge is 0.264 e. The van der Waals surface area contributed by atoms with Gasteiger partial charge in [0.2, 0.25) is 0 Å². The molecule has 8 nitrogen and oxygen atoms in total. The van der Waals surface area contributed by atoms with Crippen LogP contribution in [0.25, 0.3) is 53.0 Å². The summed E-state index contributed by atoms with van der Waals surface area (Å²) in [5, 5.41) is 12.3. The molecule has 8 heterocycles. The van der Waals surface area contributed by atoms with E-state index in [-0.39, 0.29) is 0 Å². The Balaban J connectivity index is 1.21. The third-order valence-corrected chi connectivity index (χ3v) is 10.2. The SMILES string of the molecule is Cc1cccc(-n2nc(Cc3cc(C)nc(-n4nc(C)c(C)c4-c4cc5cnccc5s4)c3)cc2-c2cc3cnccc3s2)n1. The fourth-order valence-electron chi connectivity index (χ4n) is 5.73. The van der Waals surface area contributed by atoms with E-state index in [0.29, 0.717) is 6.42 Å². The highest BCUT2D eigenvalue weighted by Crippen LogP contribution is 2.37. The van der Waals surface area contributed by atoms with E-state index in [1.807, 2.05) is 66.2 Å². The van der Waals surface area contributed by atoms with Crippen LogP contribution in [0, 0.1) is 27.7 Å². The molecule has 0 spiro atoms. The Labute approximate surface area is 267 Å². The van der Waals surface area contributed by atoms with Crippen LogP contribution in [0.3, 0.4) is 0 Å². The average Bonchev–Trinajstić information content (AvgIpc) is 3.81. The molecule has 0 radical (unpaired) electrons. The van der Waals surface area contributed by atoms with Gasteiger partial charge in [-0.2, -0.15) is 10.2 Å². The molecule has 0 saturated heterocycles. The van der Waals surface area contributed by atoms with Gasteiger partial charge in [-0.05, 0) is 93.4 Å². The van der Waals surface area contributed by atoms with Gasteiger partial charge in [-0.1, -0.05) is 6.07 Å². The molecule has 0 fully saturated rings. The molecular formula is C35H28N8S2. The average molecular weight is 625 g/mol. The molecule has 0 aliphatic rings. The van der Waals surface area contributed by atoms with E-state index in [2.05, 4.69) is 66.3 Å². The number of hydrogen-bond donors (Lipinski definition) is 0. The van der Waals surface area contributed by atoms with E-state index in [0.717, 1.165) is 77.5 Å². The van der Waals surface area contributed by atoms with Gasteiger partial charge in [0.1, 0.15) is 0 Å². The molecule has 0 N–H and O–H groups in total. The standard InChI is InChI=1S/C35H28N8S2/c1-20-6-5-7-33(38-20)42-28(31-15-25-18-36-10-8-29(25)44-31)17-27(41-42)13-24-12-21(2)39-34(14-24)43-35(22(3)23(4)40-43)32-16-26-19-37-11-9-30(26)45-32/h5-12,14-19H,13H2,1-4H3. The Bertz CT molecular complexity index is 2310. The molecule has 0 unspecified atom stereocenters. The van der Waals surface area contributed by atoms with Crippen molar-refractivity contribution in [2.24, 2.45) is 0 Å². The Hall–Kier alpha value is -5.06. The first-order valence-electron chi connectivity index (χ1n) is 14.6. The first-order valence-corrected chi connectivity index (χ1v) is 16.3. The first-order chi connectivity index (χ1) is 21.9. The van der Waals surface area contributed by atoms with Crippen LogP contribution in [0.2, 0.25) is 0 Å². The van der Waals surface area contributed by atoms with Crippen LogP contribution in [0.4, 0.5) is 0 Å². The maximum atomic E-state index is 5.10. The maximum absolute atomic E-state index is 5.10. The van der Waals surface area contributed by atoms with Gasteiger partial charge in [0.25, 0.3) is 0 Å². The van der Waals surface area contributed by atoms with Gasteiger partial charge in [-0.25, -0.2) is 19.3 Å². The van der Waals surface area contributed by atoms with Crippen molar-refractivity contribution in [3.63, 3.8) is 0 Å². The van der Waals surface area contributed by atoms with Crippen molar-refractivity contribution >= 4 is 42.8 Å². The highest BCUT2D eigenvalue weighted by Gasteiger charge is 2.20. The van der Waals surface area contributed by atoms with Crippen LogP contribution in [-0.4, -0.2) is 39.5 Å². The smallest absolute Gasteiger partial charge is 0.154 e. The Morgan fingerprint density at radius 3 is 2.11 bits per heavy atom. The Morgan fingerprint density at radius 1 is 0.667 bits per heavy atom. The van der Waals surface area contributed by atoms with Crippen molar-refractivity contribution in [1.29, 1.82) is 0 Å². The second-order valence-corrected chi connectivity index (χ2v) is 13.4. The molecule has 8 aromatic rings. The molecule has 8 rings (SSSR count). The number of aryl methyl sites for hydroxylation is 3. The Morgan fingerprint density at radius 2 is 1.38 bits per heavy atom. The summed E-state index contributed by atoms with van der Waals surface area (Å²) in [6, 6.07) is 21.0. The summed E-state index contributed by atoms with van der Waals surface area (Å²) in [5.41, 5.74) is 8.14. The minimum Gasteiger partial charge on any atom is -0.264 e. The second kappa shape index (κ2) is 10.8. The van der Waals surface area contributed by atoms with Crippen molar-refractivity contribution in [2.75, 3.05) is 0 Å². The van der Waals surface area contributed by atoms with Crippen molar-refractivity contribution < 1.29 is 0 Å². The predicted octanol–water partition coefficient (Wildman–Crippen LogP) is 8.23. The van der Waals surface area contributed by atoms with Crippen LogP contribution in [-0.2, 0) is 6.42 Å². The van der Waals surface area contributed by atoms with Crippen LogP contribution in [0.5, 0.6) is 0 Å². The summed E-state index contributed by atoms with van der Waals surface area (Å²) >= 11 is 3.49. The highest BCUT2D eigenvalue weighted by atomic mass is 32.1. The van der Waals surface area contributed by atoms with E-state index >= 15 is 0 Å². The number of pyridine rings is 4. The normalized spacial score (nSPS) is 11.6. The number of rotatable bonds is 6.